The number of benzene rings is 1. The van der Waals surface area contributed by atoms with Crippen molar-refractivity contribution in [3.63, 3.8) is 0 Å². The zero-order valence-corrected chi connectivity index (χ0v) is 17.2. The quantitative estimate of drug-likeness (QED) is 0.562. The molecule has 1 aromatic carbocycles. The minimum Gasteiger partial charge on any atom is -0.324 e. The van der Waals surface area contributed by atoms with Crippen molar-refractivity contribution in [3.8, 4) is 22.6 Å². The van der Waals surface area contributed by atoms with Gasteiger partial charge in [0.15, 0.2) is 5.82 Å². The smallest absolute Gasteiger partial charge is 0.267 e. The van der Waals surface area contributed by atoms with Crippen LogP contribution in [0.15, 0.2) is 52.4 Å². The molecule has 0 fully saturated rings. The first-order chi connectivity index (χ1) is 14.3. The average Bonchev–Trinajstić information content (AvgIpc) is 2.72. The molecule has 0 aliphatic carbocycles. The molecule has 1 atom stereocenters. The summed E-state index contributed by atoms with van der Waals surface area (Å²) >= 11 is 0. The monoisotopic (exact) mass is 402 g/mol. The number of pyridine rings is 1. The van der Waals surface area contributed by atoms with Gasteiger partial charge in [-0.1, -0.05) is 6.07 Å². The standard InChI is InChI=1S/C22H22N6O2/c1-12-5-16(13(2)23)17-8-19(27(3)22(30)18(17)6-12)15-9-24-21(25-10-15)14-7-20(29)28(4)26-11-14/h5-11,13H,23H2,1-4H3/t13-/m1/s1. The minimum atomic E-state index is -0.240. The fraction of sp³-hybridized carbons (Fsp3) is 0.227. The van der Waals surface area contributed by atoms with Gasteiger partial charge in [-0.3, -0.25) is 9.59 Å². The molecule has 0 bridgehead atoms. The molecule has 152 valence electrons. The van der Waals surface area contributed by atoms with Crippen molar-refractivity contribution in [2.75, 3.05) is 0 Å². The largest absolute Gasteiger partial charge is 0.324 e. The molecule has 0 amide bonds. The number of hydrogen-bond acceptors (Lipinski definition) is 6. The summed E-state index contributed by atoms with van der Waals surface area (Å²) in [6, 6.07) is 7.08. The fourth-order valence-corrected chi connectivity index (χ4v) is 3.54. The van der Waals surface area contributed by atoms with Crippen molar-refractivity contribution >= 4 is 10.8 Å². The van der Waals surface area contributed by atoms with E-state index in [4.69, 9.17) is 5.73 Å². The summed E-state index contributed by atoms with van der Waals surface area (Å²) in [5.74, 6) is 0.390. The fourth-order valence-electron chi connectivity index (χ4n) is 3.54. The predicted molar refractivity (Wildman–Crippen MR) is 116 cm³/mol. The van der Waals surface area contributed by atoms with Crippen LogP contribution in [-0.2, 0) is 14.1 Å². The molecule has 0 aliphatic rings. The SMILES string of the molecule is Cc1cc([C@@H](C)N)c2cc(-c3cnc(-c4cnn(C)c(=O)c4)nc3)n(C)c(=O)c2c1. The van der Waals surface area contributed by atoms with E-state index >= 15 is 0 Å². The van der Waals surface area contributed by atoms with E-state index in [1.54, 1.807) is 37.3 Å². The van der Waals surface area contributed by atoms with Crippen molar-refractivity contribution in [2.45, 2.75) is 19.9 Å². The maximum atomic E-state index is 13.0. The van der Waals surface area contributed by atoms with E-state index in [1.807, 2.05) is 32.0 Å². The zero-order chi connectivity index (χ0) is 21.6. The molecule has 0 aliphatic heterocycles. The van der Waals surface area contributed by atoms with E-state index in [2.05, 4.69) is 15.1 Å². The number of fused-ring (bicyclic) bond motifs is 1. The summed E-state index contributed by atoms with van der Waals surface area (Å²) in [6.45, 7) is 3.86. The Balaban J connectivity index is 1.87. The zero-order valence-electron chi connectivity index (χ0n) is 17.2. The van der Waals surface area contributed by atoms with Crippen LogP contribution in [0.3, 0.4) is 0 Å². The second kappa shape index (κ2) is 7.31. The van der Waals surface area contributed by atoms with Crippen LogP contribution in [0.2, 0.25) is 0 Å². The molecule has 3 heterocycles. The van der Waals surface area contributed by atoms with Crippen LogP contribution < -0.4 is 16.9 Å². The van der Waals surface area contributed by atoms with Crippen LogP contribution in [0, 0.1) is 6.92 Å². The number of hydrogen-bond donors (Lipinski definition) is 1. The molecule has 4 rings (SSSR count). The van der Waals surface area contributed by atoms with Crippen molar-refractivity contribution < 1.29 is 0 Å². The van der Waals surface area contributed by atoms with E-state index in [9.17, 15) is 9.59 Å². The average molecular weight is 402 g/mol. The molecule has 0 saturated carbocycles. The molecule has 2 N–H and O–H groups in total. The maximum absolute atomic E-state index is 13.0. The Kier molecular flexibility index (Phi) is 4.79. The number of aryl methyl sites for hydroxylation is 2. The van der Waals surface area contributed by atoms with Gasteiger partial charge in [-0.05, 0) is 42.5 Å². The maximum Gasteiger partial charge on any atom is 0.267 e. The lowest BCUT2D eigenvalue weighted by Crippen LogP contribution is -2.20. The van der Waals surface area contributed by atoms with Gasteiger partial charge in [0.1, 0.15) is 0 Å². The van der Waals surface area contributed by atoms with E-state index in [0.29, 0.717) is 28.0 Å². The van der Waals surface area contributed by atoms with Crippen LogP contribution in [0.5, 0.6) is 0 Å². The lowest BCUT2D eigenvalue weighted by molar-refractivity contribution is 0.708. The summed E-state index contributed by atoms with van der Waals surface area (Å²) in [7, 11) is 3.30. The summed E-state index contributed by atoms with van der Waals surface area (Å²) < 4.78 is 2.82. The van der Waals surface area contributed by atoms with Gasteiger partial charge >= 0.3 is 0 Å². The second-order valence-electron chi connectivity index (χ2n) is 7.50. The van der Waals surface area contributed by atoms with Gasteiger partial charge in [0.05, 0.1) is 11.9 Å². The molecule has 4 aromatic rings. The lowest BCUT2D eigenvalue weighted by atomic mass is 9.97. The highest BCUT2D eigenvalue weighted by molar-refractivity contribution is 5.89. The van der Waals surface area contributed by atoms with Gasteiger partial charge in [-0.25, -0.2) is 14.6 Å². The second-order valence-corrected chi connectivity index (χ2v) is 7.50. The predicted octanol–water partition coefficient (Wildman–Crippen LogP) is 2.08. The van der Waals surface area contributed by atoms with E-state index in [0.717, 1.165) is 16.5 Å². The molecule has 8 nitrogen and oxygen atoms in total. The molecule has 8 heteroatoms. The van der Waals surface area contributed by atoms with Crippen LogP contribution >= 0.6 is 0 Å². The molecule has 0 radical (unpaired) electrons. The first-order valence-electron chi connectivity index (χ1n) is 9.52. The van der Waals surface area contributed by atoms with Gasteiger partial charge in [0.2, 0.25) is 0 Å². The Morgan fingerprint density at radius 3 is 2.27 bits per heavy atom. The first kappa shape index (κ1) is 19.7. The third kappa shape index (κ3) is 3.31. The Bertz CT molecular complexity index is 1380. The number of nitrogens with zero attached hydrogens (tertiary/aromatic N) is 5. The number of rotatable bonds is 3. The van der Waals surface area contributed by atoms with Gasteiger partial charge in [0.25, 0.3) is 11.1 Å². The van der Waals surface area contributed by atoms with Crippen LogP contribution in [0.1, 0.15) is 24.1 Å². The minimum absolute atomic E-state index is 0.104. The number of aromatic nitrogens is 5. The highest BCUT2D eigenvalue weighted by atomic mass is 16.1. The van der Waals surface area contributed by atoms with E-state index in [1.165, 1.54) is 10.7 Å². The van der Waals surface area contributed by atoms with Crippen molar-refractivity contribution in [2.24, 2.45) is 19.8 Å². The molecule has 0 spiro atoms. The summed E-state index contributed by atoms with van der Waals surface area (Å²) in [5, 5.41) is 5.46. The normalized spacial score (nSPS) is 12.3. The van der Waals surface area contributed by atoms with E-state index < -0.39 is 0 Å². The van der Waals surface area contributed by atoms with Crippen molar-refractivity contribution in [1.29, 1.82) is 0 Å². The summed E-state index contributed by atoms with van der Waals surface area (Å²) in [4.78, 5) is 33.6. The van der Waals surface area contributed by atoms with Crippen LogP contribution in [0.4, 0.5) is 0 Å². The highest BCUT2D eigenvalue weighted by Crippen LogP contribution is 2.27. The number of nitrogens with two attached hydrogens (primary N) is 1. The molecule has 3 aromatic heterocycles. The highest BCUT2D eigenvalue weighted by Gasteiger charge is 2.15. The molecular formula is C22H22N6O2. The first-order valence-corrected chi connectivity index (χ1v) is 9.52. The third-order valence-corrected chi connectivity index (χ3v) is 5.20. The molecule has 0 saturated heterocycles. The van der Waals surface area contributed by atoms with Gasteiger partial charge < -0.3 is 10.3 Å². The Labute approximate surface area is 172 Å². The van der Waals surface area contributed by atoms with Crippen LogP contribution in [0.25, 0.3) is 33.4 Å². The summed E-state index contributed by atoms with van der Waals surface area (Å²) in [6.07, 6.45) is 4.82. The summed E-state index contributed by atoms with van der Waals surface area (Å²) in [5.41, 5.74) is 9.65. The van der Waals surface area contributed by atoms with Crippen molar-refractivity contribution in [1.82, 2.24) is 24.3 Å². The van der Waals surface area contributed by atoms with Gasteiger partial charge in [-0.2, -0.15) is 5.10 Å². The third-order valence-electron chi connectivity index (χ3n) is 5.20. The Morgan fingerprint density at radius 2 is 1.63 bits per heavy atom. The van der Waals surface area contributed by atoms with Gasteiger partial charge in [-0.15, -0.1) is 0 Å². The topological polar surface area (TPSA) is 109 Å². The van der Waals surface area contributed by atoms with Gasteiger partial charge in [0, 0.05) is 55.1 Å². The molecule has 0 unspecified atom stereocenters. The lowest BCUT2D eigenvalue weighted by Gasteiger charge is -2.15. The van der Waals surface area contributed by atoms with Crippen molar-refractivity contribution in [3.05, 3.63) is 74.7 Å². The van der Waals surface area contributed by atoms with E-state index in [-0.39, 0.29) is 17.2 Å². The Hall–Kier alpha value is -3.65. The molecule has 30 heavy (non-hydrogen) atoms. The molecular weight excluding hydrogens is 380 g/mol. The Morgan fingerprint density at radius 1 is 0.933 bits per heavy atom. The van der Waals surface area contributed by atoms with Crippen LogP contribution in [-0.4, -0.2) is 24.3 Å².